The van der Waals surface area contributed by atoms with Crippen LogP contribution in [0.1, 0.15) is 33.0 Å². The summed E-state index contributed by atoms with van der Waals surface area (Å²) in [6.45, 7) is 7.38. The summed E-state index contributed by atoms with van der Waals surface area (Å²) in [7, 11) is 0. The maximum absolute atomic E-state index is 6.32. The van der Waals surface area contributed by atoms with Crippen LogP contribution in [0, 0.1) is 5.92 Å². The maximum Gasteiger partial charge on any atom is 0.111 e. The third kappa shape index (κ3) is 2.93. The molecule has 0 saturated heterocycles. The van der Waals surface area contributed by atoms with E-state index < -0.39 is 0 Å². The Morgan fingerprint density at radius 2 is 2.11 bits per heavy atom. The highest BCUT2D eigenvalue weighted by Gasteiger charge is 2.16. The van der Waals surface area contributed by atoms with E-state index in [0.717, 1.165) is 41.3 Å². The predicted molar refractivity (Wildman–Crippen MR) is 81.6 cm³/mol. The number of para-hydroxylation sites is 1. The van der Waals surface area contributed by atoms with Crippen molar-refractivity contribution in [3.8, 4) is 0 Å². The first-order valence-corrected chi connectivity index (χ1v) is 7.31. The van der Waals surface area contributed by atoms with Crippen molar-refractivity contribution in [2.75, 3.05) is 0 Å². The molecule has 0 fully saturated rings. The number of rotatable bonds is 5. The molecular formula is C15H22ClN3. The molecule has 19 heavy (non-hydrogen) atoms. The van der Waals surface area contributed by atoms with Gasteiger partial charge in [0.1, 0.15) is 5.82 Å². The summed E-state index contributed by atoms with van der Waals surface area (Å²) in [6.07, 6.45) is 1.85. The Labute approximate surface area is 119 Å². The lowest BCUT2D eigenvalue weighted by Gasteiger charge is -2.16. The number of halogens is 1. The molecular weight excluding hydrogens is 258 g/mol. The number of aryl methyl sites for hydroxylation is 1. The van der Waals surface area contributed by atoms with Crippen molar-refractivity contribution in [3.63, 3.8) is 0 Å². The topological polar surface area (TPSA) is 43.8 Å². The second kappa shape index (κ2) is 5.93. The van der Waals surface area contributed by atoms with Crippen molar-refractivity contribution in [1.82, 2.24) is 9.55 Å². The van der Waals surface area contributed by atoms with E-state index in [9.17, 15) is 0 Å². The number of nitrogens with two attached hydrogens (primary N) is 1. The van der Waals surface area contributed by atoms with E-state index in [4.69, 9.17) is 22.3 Å². The molecule has 3 nitrogen and oxygen atoms in total. The highest BCUT2D eigenvalue weighted by atomic mass is 35.5. The van der Waals surface area contributed by atoms with Gasteiger partial charge in [-0.3, -0.25) is 0 Å². The monoisotopic (exact) mass is 279 g/mol. The van der Waals surface area contributed by atoms with Crippen LogP contribution in [0.2, 0.25) is 5.02 Å². The standard InChI is InChI=1S/C15H22ClN3/c1-4-8-19-14(9-12(17)10(2)3)18-13-7-5-6-11(16)15(13)19/h5-7,10,12H,4,8-9,17H2,1-3H3. The average Bonchev–Trinajstić information content (AvgIpc) is 2.69. The number of hydrogen-bond donors (Lipinski definition) is 1. The Morgan fingerprint density at radius 1 is 1.37 bits per heavy atom. The van der Waals surface area contributed by atoms with Gasteiger partial charge in [-0.15, -0.1) is 0 Å². The minimum absolute atomic E-state index is 0.131. The molecule has 1 unspecified atom stereocenters. The lowest BCUT2D eigenvalue weighted by Crippen LogP contribution is -2.30. The van der Waals surface area contributed by atoms with E-state index >= 15 is 0 Å². The number of imidazole rings is 1. The molecule has 2 rings (SSSR count). The summed E-state index contributed by atoms with van der Waals surface area (Å²) >= 11 is 6.32. The average molecular weight is 280 g/mol. The zero-order valence-electron chi connectivity index (χ0n) is 11.9. The van der Waals surface area contributed by atoms with Crippen LogP contribution in [0.25, 0.3) is 11.0 Å². The van der Waals surface area contributed by atoms with E-state index in [2.05, 4.69) is 25.3 Å². The molecule has 0 aliphatic heterocycles. The van der Waals surface area contributed by atoms with Crippen molar-refractivity contribution in [2.45, 2.75) is 46.2 Å². The molecule has 1 aromatic heterocycles. The van der Waals surface area contributed by atoms with Crippen LogP contribution < -0.4 is 5.73 Å². The van der Waals surface area contributed by atoms with Gasteiger partial charge < -0.3 is 10.3 Å². The van der Waals surface area contributed by atoms with Gasteiger partial charge in [-0.25, -0.2) is 4.98 Å². The fourth-order valence-corrected chi connectivity index (χ4v) is 2.53. The van der Waals surface area contributed by atoms with Gasteiger partial charge in [-0.2, -0.15) is 0 Å². The van der Waals surface area contributed by atoms with Crippen LogP contribution in [0.4, 0.5) is 0 Å². The Bertz CT molecular complexity index is 560. The molecule has 0 saturated carbocycles. The lowest BCUT2D eigenvalue weighted by molar-refractivity contribution is 0.472. The van der Waals surface area contributed by atoms with E-state index in [0.29, 0.717) is 5.92 Å². The van der Waals surface area contributed by atoms with Crippen LogP contribution in [-0.2, 0) is 13.0 Å². The lowest BCUT2D eigenvalue weighted by atomic mass is 10.0. The second-order valence-corrected chi connectivity index (χ2v) is 5.81. The molecule has 0 spiro atoms. The van der Waals surface area contributed by atoms with Gasteiger partial charge in [0.15, 0.2) is 0 Å². The summed E-state index contributed by atoms with van der Waals surface area (Å²) in [5.74, 6) is 1.50. The van der Waals surface area contributed by atoms with Gasteiger partial charge in [-0.1, -0.05) is 38.4 Å². The maximum atomic E-state index is 6.32. The van der Waals surface area contributed by atoms with Crippen LogP contribution in [0.15, 0.2) is 18.2 Å². The Hall–Kier alpha value is -1.06. The van der Waals surface area contributed by atoms with Crippen molar-refractivity contribution in [2.24, 2.45) is 11.7 Å². The first-order chi connectivity index (χ1) is 9.04. The number of aromatic nitrogens is 2. The van der Waals surface area contributed by atoms with Crippen LogP contribution in [0.3, 0.4) is 0 Å². The molecule has 4 heteroatoms. The minimum Gasteiger partial charge on any atom is -0.327 e. The number of benzene rings is 1. The molecule has 1 heterocycles. The first-order valence-electron chi connectivity index (χ1n) is 6.93. The fraction of sp³-hybridized carbons (Fsp3) is 0.533. The summed E-state index contributed by atoms with van der Waals surface area (Å²) < 4.78 is 2.22. The molecule has 2 aromatic rings. The third-order valence-corrected chi connectivity index (χ3v) is 3.82. The van der Waals surface area contributed by atoms with Gasteiger partial charge in [0.25, 0.3) is 0 Å². The smallest absolute Gasteiger partial charge is 0.111 e. The summed E-state index contributed by atoms with van der Waals surface area (Å²) in [5, 5.41) is 0.766. The summed E-state index contributed by atoms with van der Waals surface area (Å²) in [5.41, 5.74) is 8.19. The predicted octanol–water partition coefficient (Wildman–Crippen LogP) is 3.63. The number of hydrogen-bond acceptors (Lipinski definition) is 2. The molecule has 0 amide bonds. The fourth-order valence-electron chi connectivity index (χ4n) is 2.26. The van der Waals surface area contributed by atoms with Crippen molar-refractivity contribution in [3.05, 3.63) is 29.0 Å². The SMILES string of the molecule is CCCn1c(CC(N)C(C)C)nc2cccc(Cl)c21. The molecule has 0 aliphatic carbocycles. The first kappa shape index (κ1) is 14.4. The van der Waals surface area contributed by atoms with E-state index in [-0.39, 0.29) is 6.04 Å². The zero-order valence-corrected chi connectivity index (χ0v) is 12.6. The Morgan fingerprint density at radius 3 is 2.74 bits per heavy atom. The summed E-state index contributed by atoms with van der Waals surface area (Å²) in [6, 6.07) is 6.01. The van der Waals surface area contributed by atoms with Gasteiger partial charge in [0.2, 0.25) is 0 Å². The number of fused-ring (bicyclic) bond motifs is 1. The van der Waals surface area contributed by atoms with Crippen LogP contribution in [0.5, 0.6) is 0 Å². The van der Waals surface area contributed by atoms with Crippen molar-refractivity contribution < 1.29 is 0 Å². The molecule has 0 radical (unpaired) electrons. The Kier molecular flexibility index (Phi) is 4.48. The highest BCUT2D eigenvalue weighted by molar-refractivity contribution is 6.35. The number of nitrogens with zero attached hydrogens (tertiary/aromatic N) is 2. The van der Waals surface area contributed by atoms with Crippen LogP contribution >= 0.6 is 11.6 Å². The highest BCUT2D eigenvalue weighted by Crippen LogP contribution is 2.25. The van der Waals surface area contributed by atoms with Gasteiger partial charge in [-0.05, 0) is 24.5 Å². The Balaban J connectivity index is 2.48. The van der Waals surface area contributed by atoms with E-state index in [1.807, 2.05) is 18.2 Å². The molecule has 1 aromatic carbocycles. The van der Waals surface area contributed by atoms with Crippen molar-refractivity contribution >= 4 is 22.6 Å². The largest absolute Gasteiger partial charge is 0.327 e. The van der Waals surface area contributed by atoms with Gasteiger partial charge in [0.05, 0.1) is 16.1 Å². The van der Waals surface area contributed by atoms with Crippen molar-refractivity contribution in [1.29, 1.82) is 0 Å². The normalized spacial score (nSPS) is 13.4. The van der Waals surface area contributed by atoms with Gasteiger partial charge in [0, 0.05) is 19.0 Å². The third-order valence-electron chi connectivity index (χ3n) is 3.52. The second-order valence-electron chi connectivity index (χ2n) is 5.40. The quantitative estimate of drug-likeness (QED) is 0.908. The molecule has 0 bridgehead atoms. The summed E-state index contributed by atoms with van der Waals surface area (Å²) in [4.78, 5) is 4.71. The van der Waals surface area contributed by atoms with Crippen LogP contribution in [-0.4, -0.2) is 15.6 Å². The van der Waals surface area contributed by atoms with E-state index in [1.54, 1.807) is 0 Å². The van der Waals surface area contributed by atoms with Gasteiger partial charge >= 0.3 is 0 Å². The molecule has 2 N–H and O–H groups in total. The zero-order chi connectivity index (χ0) is 14.0. The van der Waals surface area contributed by atoms with E-state index in [1.165, 1.54) is 0 Å². The molecule has 0 aliphatic rings. The minimum atomic E-state index is 0.131. The molecule has 104 valence electrons. The molecule has 1 atom stereocenters.